The first-order valence-electron chi connectivity index (χ1n) is 9.47. The number of rotatable bonds is 4. The first kappa shape index (κ1) is 17.5. The Morgan fingerprint density at radius 2 is 2.19 bits per heavy atom. The van der Waals surface area contributed by atoms with Gasteiger partial charge in [-0.1, -0.05) is 30.4 Å². The summed E-state index contributed by atoms with van der Waals surface area (Å²) in [5, 5.41) is 9.08. The number of amidine groups is 1. The molecule has 2 aliphatic heterocycles. The fraction of sp³-hybridized carbons (Fsp3) is 0.400. The normalized spacial score (nSPS) is 26.4. The van der Waals surface area contributed by atoms with E-state index >= 15 is 0 Å². The fourth-order valence-electron chi connectivity index (χ4n) is 3.96. The van der Waals surface area contributed by atoms with Gasteiger partial charge in [0.25, 0.3) is 0 Å². The standard InChI is InChI=1S/C20H25N7/c1-13-5-4-8-27(13)20-15(9-14-6-2-3-7-17(14)26-20)11-23-19-16(10-21)18(22)24-12-25-19/h2-3,6-7,9-10,12-14,17,21H,4-5,8,11H2,1H3,(H3,22,23,24,25)/p+1. The zero-order valence-corrected chi connectivity index (χ0v) is 15.5. The van der Waals surface area contributed by atoms with Crippen LogP contribution in [0.25, 0.3) is 0 Å². The molecule has 0 aromatic carbocycles. The average molecular weight is 364 g/mol. The van der Waals surface area contributed by atoms with Gasteiger partial charge in [-0.15, -0.1) is 0 Å². The predicted octanol–water partition coefficient (Wildman–Crippen LogP) is 0.582. The summed E-state index contributed by atoms with van der Waals surface area (Å²) in [6, 6.07) is 0.693. The zero-order chi connectivity index (χ0) is 18.8. The Kier molecular flexibility index (Phi) is 4.75. The van der Waals surface area contributed by atoms with Gasteiger partial charge in [0.05, 0.1) is 6.04 Å². The lowest BCUT2D eigenvalue weighted by Gasteiger charge is -2.33. The van der Waals surface area contributed by atoms with Gasteiger partial charge in [0.15, 0.2) is 6.21 Å². The van der Waals surface area contributed by atoms with Crippen LogP contribution in [0.15, 0.2) is 47.3 Å². The average Bonchev–Trinajstić information content (AvgIpc) is 3.11. The minimum absolute atomic E-state index is 0.184. The van der Waals surface area contributed by atoms with Gasteiger partial charge >= 0.3 is 0 Å². The summed E-state index contributed by atoms with van der Waals surface area (Å²) in [5.41, 5.74) is 7.72. The molecule has 0 spiro atoms. The van der Waals surface area contributed by atoms with Gasteiger partial charge in [-0.25, -0.2) is 9.97 Å². The summed E-state index contributed by atoms with van der Waals surface area (Å²) in [6.45, 7) is 3.94. The van der Waals surface area contributed by atoms with Gasteiger partial charge in [-0.05, 0) is 19.8 Å². The van der Waals surface area contributed by atoms with E-state index in [4.69, 9.17) is 16.1 Å². The molecule has 1 saturated heterocycles. The Hall–Kier alpha value is -2.96. The van der Waals surface area contributed by atoms with E-state index in [9.17, 15) is 0 Å². The molecule has 7 heteroatoms. The van der Waals surface area contributed by atoms with Crippen LogP contribution in [0.1, 0.15) is 25.3 Å². The van der Waals surface area contributed by atoms with Crippen molar-refractivity contribution in [1.82, 2.24) is 14.9 Å². The number of nitrogens with zero attached hydrogens (tertiary/aromatic N) is 4. The number of dihydropyridines is 1. The quantitative estimate of drug-likeness (QED) is 0.678. The van der Waals surface area contributed by atoms with Crippen molar-refractivity contribution in [1.29, 1.82) is 0 Å². The zero-order valence-electron chi connectivity index (χ0n) is 15.5. The van der Waals surface area contributed by atoms with Crippen LogP contribution in [0.4, 0.5) is 11.6 Å². The Morgan fingerprint density at radius 3 is 2.96 bits per heavy atom. The van der Waals surface area contributed by atoms with Crippen molar-refractivity contribution in [3.63, 3.8) is 0 Å². The SMILES string of the molecule is CC1CCCN1C1=NC2C=CC=CC2C=C1CNc1ncnc(N)c1C=[NH2+]. The Labute approximate surface area is 159 Å². The number of aliphatic imine (C=N–C) groups is 1. The van der Waals surface area contributed by atoms with E-state index in [1.165, 1.54) is 31.0 Å². The molecule has 0 radical (unpaired) electrons. The minimum Gasteiger partial charge on any atom is -0.383 e. The third-order valence-electron chi connectivity index (χ3n) is 5.45. The van der Waals surface area contributed by atoms with Crippen molar-refractivity contribution in [2.45, 2.75) is 31.8 Å². The number of likely N-dealkylation sites (tertiary alicyclic amines) is 1. The summed E-state index contributed by atoms with van der Waals surface area (Å²) in [6.07, 6.45) is 16.2. The molecule has 1 aromatic rings. The van der Waals surface area contributed by atoms with Crippen LogP contribution in [0.2, 0.25) is 0 Å². The number of nitrogens with one attached hydrogen (secondary N) is 1. The highest BCUT2D eigenvalue weighted by Crippen LogP contribution is 2.29. The van der Waals surface area contributed by atoms with Crippen LogP contribution >= 0.6 is 0 Å². The van der Waals surface area contributed by atoms with E-state index in [0.29, 0.717) is 35.7 Å². The number of nitrogens with two attached hydrogens (primary N) is 2. The van der Waals surface area contributed by atoms with Crippen LogP contribution in [0.5, 0.6) is 0 Å². The number of hydrogen-bond acceptors (Lipinski definition) is 6. The van der Waals surface area contributed by atoms with Gasteiger partial charge in [-0.3, -0.25) is 10.4 Å². The molecular formula is C20H26N7+. The van der Waals surface area contributed by atoms with Crippen molar-refractivity contribution in [3.05, 3.63) is 47.8 Å². The van der Waals surface area contributed by atoms with Crippen molar-refractivity contribution < 1.29 is 5.41 Å². The smallest absolute Gasteiger partial charge is 0.174 e. The third kappa shape index (κ3) is 3.37. The number of fused-ring (bicyclic) bond motifs is 1. The second kappa shape index (κ2) is 7.34. The molecule has 140 valence electrons. The largest absolute Gasteiger partial charge is 0.383 e. The number of allylic oxidation sites excluding steroid dienone is 2. The highest BCUT2D eigenvalue weighted by atomic mass is 15.2. The van der Waals surface area contributed by atoms with Gasteiger partial charge in [-0.2, -0.15) is 0 Å². The highest BCUT2D eigenvalue weighted by molar-refractivity contribution is 6.00. The minimum atomic E-state index is 0.184. The lowest BCUT2D eigenvalue weighted by Crippen LogP contribution is -2.40. The lowest BCUT2D eigenvalue weighted by molar-refractivity contribution is -0.104. The van der Waals surface area contributed by atoms with E-state index in [-0.39, 0.29) is 6.04 Å². The molecule has 0 bridgehead atoms. The molecule has 3 aliphatic rings. The Bertz CT molecular complexity index is 852. The fourth-order valence-corrected chi connectivity index (χ4v) is 3.96. The summed E-state index contributed by atoms with van der Waals surface area (Å²) in [7, 11) is 0. The first-order valence-corrected chi connectivity index (χ1v) is 9.47. The molecule has 4 rings (SSSR count). The van der Waals surface area contributed by atoms with Gasteiger partial charge in [0.2, 0.25) is 0 Å². The maximum atomic E-state index is 5.91. The summed E-state index contributed by atoms with van der Waals surface area (Å²) in [4.78, 5) is 15.8. The third-order valence-corrected chi connectivity index (χ3v) is 5.45. The number of anilines is 2. The molecule has 1 aliphatic carbocycles. The first-order chi connectivity index (χ1) is 13.2. The van der Waals surface area contributed by atoms with E-state index in [1.807, 2.05) is 0 Å². The van der Waals surface area contributed by atoms with Crippen molar-refractivity contribution in [2.24, 2.45) is 10.9 Å². The Morgan fingerprint density at radius 1 is 1.33 bits per heavy atom. The Balaban J connectivity index is 1.61. The second-order valence-corrected chi connectivity index (χ2v) is 7.21. The number of hydrogen-bond donors (Lipinski definition) is 3. The van der Waals surface area contributed by atoms with Gasteiger partial charge in [0.1, 0.15) is 29.4 Å². The molecular weight excluding hydrogens is 338 g/mol. The molecule has 5 N–H and O–H groups in total. The predicted molar refractivity (Wildman–Crippen MR) is 109 cm³/mol. The van der Waals surface area contributed by atoms with Crippen LogP contribution in [0.3, 0.4) is 0 Å². The maximum Gasteiger partial charge on any atom is 0.174 e. The van der Waals surface area contributed by atoms with Gasteiger partial charge in [0, 0.05) is 30.6 Å². The molecule has 3 atom stereocenters. The van der Waals surface area contributed by atoms with Crippen LogP contribution in [-0.4, -0.2) is 52.1 Å². The second-order valence-electron chi connectivity index (χ2n) is 7.21. The van der Waals surface area contributed by atoms with Crippen molar-refractivity contribution in [3.8, 4) is 0 Å². The molecule has 1 fully saturated rings. The van der Waals surface area contributed by atoms with Crippen molar-refractivity contribution >= 4 is 23.7 Å². The van der Waals surface area contributed by atoms with E-state index in [1.54, 1.807) is 0 Å². The number of aromatic nitrogens is 2. The maximum absolute atomic E-state index is 5.91. The molecule has 0 amide bonds. The highest BCUT2D eigenvalue weighted by Gasteiger charge is 2.31. The summed E-state index contributed by atoms with van der Waals surface area (Å²) < 4.78 is 0. The number of nitrogen functional groups attached to an aromatic ring is 1. The van der Waals surface area contributed by atoms with E-state index < -0.39 is 0 Å². The van der Waals surface area contributed by atoms with Crippen LogP contribution in [-0.2, 0) is 0 Å². The molecule has 27 heavy (non-hydrogen) atoms. The summed E-state index contributed by atoms with van der Waals surface area (Å²) >= 11 is 0. The molecule has 3 heterocycles. The molecule has 0 saturated carbocycles. The topological polar surface area (TPSA) is 105 Å². The summed E-state index contributed by atoms with van der Waals surface area (Å²) in [5.74, 6) is 2.40. The monoisotopic (exact) mass is 364 g/mol. The molecule has 1 aromatic heterocycles. The van der Waals surface area contributed by atoms with E-state index in [0.717, 1.165) is 12.4 Å². The lowest BCUT2D eigenvalue weighted by atomic mass is 9.90. The molecule has 7 nitrogen and oxygen atoms in total. The van der Waals surface area contributed by atoms with Gasteiger partial charge < -0.3 is 16.0 Å². The molecule has 3 unspecified atom stereocenters. The van der Waals surface area contributed by atoms with E-state index in [2.05, 4.69) is 57.5 Å². The van der Waals surface area contributed by atoms with Crippen molar-refractivity contribution in [2.75, 3.05) is 24.1 Å². The van der Waals surface area contributed by atoms with Crippen LogP contribution in [0, 0.1) is 5.92 Å². The van der Waals surface area contributed by atoms with Crippen LogP contribution < -0.4 is 16.5 Å².